The number of nitrogens with one attached hydrogen (secondary N) is 1. The van der Waals surface area contributed by atoms with Crippen molar-refractivity contribution in [3.8, 4) is 5.75 Å². The zero-order valence-electron chi connectivity index (χ0n) is 15.2. The summed E-state index contributed by atoms with van der Waals surface area (Å²) in [5.74, 6) is -0.618. The molecule has 0 unspecified atom stereocenters. The van der Waals surface area contributed by atoms with E-state index in [1.54, 1.807) is 11.5 Å². The van der Waals surface area contributed by atoms with Crippen LogP contribution in [0.3, 0.4) is 0 Å². The van der Waals surface area contributed by atoms with Crippen LogP contribution in [0.4, 0.5) is 5.13 Å². The molecule has 0 aliphatic heterocycles. The number of aliphatic carboxylic acids is 1. The molecule has 2 aromatic carbocycles. The van der Waals surface area contributed by atoms with Crippen molar-refractivity contribution in [2.75, 3.05) is 5.32 Å². The molecule has 3 rings (SSSR count). The highest BCUT2D eigenvalue weighted by molar-refractivity contribution is 7.14. The first kappa shape index (κ1) is 20.6. The zero-order chi connectivity index (χ0) is 20.6. The van der Waals surface area contributed by atoms with E-state index in [-0.39, 0.29) is 12.3 Å². The Hall–Kier alpha value is -3.16. The van der Waals surface area contributed by atoms with Crippen molar-refractivity contribution in [1.82, 2.24) is 4.98 Å². The molecule has 1 heterocycles. The molecule has 3 aromatic rings. The molecule has 6 nitrogen and oxygen atoms in total. The monoisotopic (exact) mass is 428 g/mol. The number of amides is 1. The summed E-state index contributed by atoms with van der Waals surface area (Å²) in [6.45, 7) is 0.370. The fourth-order valence-electron chi connectivity index (χ4n) is 2.37. The van der Waals surface area contributed by atoms with E-state index >= 15 is 0 Å². The molecule has 0 saturated heterocycles. The van der Waals surface area contributed by atoms with E-state index in [2.05, 4.69) is 10.3 Å². The van der Waals surface area contributed by atoms with Gasteiger partial charge in [-0.15, -0.1) is 11.3 Å². The van der Waals surface area contributed by atoms with Gasteiger partial charge < -0.3 is 9.84 Å². The van der Waals surface area contributed by atoms with E-state index in [0.717, 1.165) is 11.1 Å². The van der Waals surface area contributed by atoms with E-state index in [1.165, 1.54) is 17.4 Å². The molecule has 0 aliphatic carbocycles. The highest BCUT2D eigenvalue weighted by atomic mass is 35.5. The number of carboxylic acid groups (broad SMARTS) is 1. The van der Waals surface area contributed by atoms with Crippen LogP contribution in [0.5, 0.6) is 5.75 Å². The van der Waals surface area contributed by atoms with Gasteiger partial charge >= 0.3 is 5.97 Å². The molecule has 29 heavy (non-hydrogen) atoms. The van der Waals surface area contributed by atoms with Gasteiger partial charge in [-0.3, -0.25) is 14.9 Å². The number of anilines is 1. The van der Waals surface area contributed by atoms with Gasteiger partial charge in [-0.2, -0.15) is 0 Å². The van der Waals surface area contributed by atoms with Crippen molar-refractivity contribution in [1.29, 1.82) is 0 Å². The minimum Gasteiger partial charge on any atom is -0.489 e. The number of benzene rings is 2. The van der Waals surface area contributed by atoms with Crippen LogP contribution in [0.15, 0.2) is 60.0 Å². The molecular formula is C21H17ClN2O4S. The number of carboxylic acids is 1. The van der Waals surface area contributed by atoms with Crippen molar-refractivity contribution < 1.29 is 19.4 Å². The number of ether oxygens (including phenoxy) is 1. The minimum absolute atomic E-state index is 0.174. The lowest BCUT2D eigenvalue weighted by Crippen LogP contribution is -2.08. The number of carbonyl (C=O) groups is 2. The number of nitrogens with zero attached hydrogens (tertiary/aromatic N) is 1. The number of aromatic nitrogens is 1. The lowest BCUT2D eigenvalue weighted by molar-refractivity contribution is -0.136. The maximum absolute atomic E-state index is 12.0. The Bertz CT molecular complexity index is 1030. The third-order valence-corrected chi connectivity index (χ3v) is 4.95. The van der Waals surface area contributed by atoms with Crippen LogP contribution in [-0.2, 0) is 22.6 Å². The summed E-state index contributed by atoms with van der Waals surface area (Å²) in [5.41, 5.74) is 2.15. The first-order valence-corrected chi connectivity index (χ1v) is 9.87. The summed E-state index contributed by atoms with van der Waals surface area (Å²) in [4.78, 5) is 26.7. The number of halogens is 1. The number of rotatable bonds is 8. The molecular weight excluding hydrogens is 412 g/mol. The molecule has 0 aliphatic rings. The van der Waals surface area contributed by atoms with Crippen LogP contribution in [0.25, 0.3) is 6.08 Å². The van der Waals surface area contributed by atoms with E-state index in [4.69, 9.17) is 21.4 Å². The highest BCUT2D eigenvalue weighted by Gasteiger charge is 2.07. The van der Waals surface area contributed by atoms with Crippen LogP contribution in [0, 0.1) is 0 Å². The Balaban J connectivity index is 1.51. The van der Waals surface area contributed by atoms with E-state index < -0.39 is 5.97 Å². The minimum atomic E-state index is -0.965. The molecule has 148 valence electrons. The molecule has 0 radical (unpaired) electrons. The summed E-state index contributed by atoms with van der Waals surface area (Å²) < 4.78 is 5.73. The highest BCUT2D eigenvalue weighted by Crippen LogP contribution is 2.19. The van der Waals surface area contributed by atoms with Crippen molar-refractivity contribution >= 4 is 46.0 Å². The lowest BCUT2D eigenvalue weighted by Gasteiger charge is -2.07. The lowest BCUT2D eigenvalue weighted by atomic mass is 10.2. The van der Waals surface area contributed by atoms with Gasteiger partial charge in [0.15, 0.2) is 5.13 Å². The molecule has 1 amide bonds. The normalized spacial score (nSPS) is 10.8. The Labute approximate surface area is 176 Å². The average Bonchev–Trinajstić information content (AvgIpc) is 3.12. The van der Waals surface area contributed by atoms with Crippen LogP contribution < -0.4 is 10.1 Å². The van der Waals surface area contributed by atoms with Gasteiger partial charge in [0.05, 0.1) is 12.1 Å². The maximum Gasteiger partial charge on any atom is 0.309 e. The van der Waals surface area contributed by atoms with Gasteiger partial charge in [0.1, 0.15) is 12.4 Å². The van der Waals surface area contributed by atoms with Crippen molar-refractivity contribution in [3.05, 3.63) is 81.8 Å². The second-order valence-electron chi connectivity index (χ2n) is 5.99. The Morgan fingerprint density at radius 3 is 2.66 bits per heavy atom. The number of hydrogen-bond donors (Lipinski definition) is 2. The van der Waals surface area contributed by atoms with Gasteiger partial charge in [-0.05, 0) is 29.8 Å². The maximum atomic E-state index is 12.0. The second-order valence-corrected chi connectivity index (χ2v) is 7.25. The van der Waals surface area contributed by atoms with Crippen LogP contribution in [-0.4, -0.2) is 22.0 Å². The molecule has 0 bridgehead atoms. The molecule has 8 heteroatoms. The van der Waals surface area contributed by atoms with Gasteiger partial charge in [0.2, 0.25) is 5.91 Å². The number of hydrogen-bond acceptors (Lipinski definition) is 5. The molecule has 2 N–H and O–H groups in total. The molecule has 0 fully saturated rings. The van der Waals surface area contributed by atoms with E-state index in [9.17, 15) is 9.59 Å². The molecule has 0 spiro atoms. The summed E-state index contributed by atoms with van der Waals surface area (Å²) in [6, 6.07) is 14.8. The van der Waals surface area contributed by atoms with E-state index in [0.29, 0.717) is 28.2 Å². The van der Waals surface area contributed by atoms with Gasteiger partial charge in [0, 0.05) is 22.0 Å². The van der Waals surface area contributed by atoms with Crippen molar-refractivity contribution in [3.63, 3.8) is 0 Å². The topological polar surface area (TPSA) is 88.5 Å². The Kier molecular flexibility index (Phi) is 6.99. The second kappa shape index (κ2) is 9.86. The van der Waals surface area contributed by atoms with Crippen LogP contribution in [0.2, 0.25) is 5.02 Å². The van der Waals surface area contributed by atoms with Crippen LogP contribution in [0.1, 0.15) is 16.8 Å². The van der Waals surface area contributed by atoms with Gasteiger partial charge in [-0.25, -0.2) is 4.98 Å². The average molecular weight is 429 g/mol. The van der Waals surface area contributed by atoms with Crippen LogP contribution >= 0.6 is 22.9 Å². The quantitative estimate of drug-likeness (QED) is 0.509. The predicted molar refractivity (Wildman–Crippen MR) is 113 cm³/mol. The van der Waals surface area contributed by atoms with Crippen molar-refractivity contribution in [2.45, 2.75) is 13.0 Å². The Morgan fingerprint density at radius 1 is 1.17 bits per heavy atom. The summed E-state index contributed by atoms with van der Waals surface area (Å²) in [5, 5.41) is 14.0. The molecule has 1 aromatic heterocycles. The fraction of sp³-hybridized carbons (Fsp3) is 0.0952. The zero-order valence-corrected chi connectivity index (χ0v) is 16.7. The molecule has 0 atom stereocenters. The third kappa shape index (κ3) is 6.44. The first-order valence-electron chi connectivity index (χ1n) is 8.61. The van der Waals surface area contributed by atoms with Gasteiger partial charge in [0.25, 0.3) is 0 Å². The largest absolute Gasteiger partial charge is 0.489 e. The smallest absolute Gasteiger partial charge is 0.309 e. The Morgan fingerprint density at radius 2 is 1.93 bits per heavy atom. The SMILES string of the molecule is O=C(O)Cc1csc(NC(=O)/C=C/c2ccc(OCc3ccccc3Cl)cc2)n1. The van der Waals surface area contributed by atoms with Gasteiger partial charge in [-0.1, -0.05) is 41.9 Å². The van der Waals surface area contributed by atoms with Crippen molar-refractivity contribution in [2.24, 2.45) is 0 Å². The predicted octanol–water partition coefficient (Wildman–Crippen LogP) is 4.65. The fourth-order valence-corrected chi connectivity index (χ4v) is 3.27. The standard InChI is InChI=1S/C21H17ClN2O4S/c22-18-4-2-1-3-15(18)12-28-17-8-5-14(6-9-17)7-10-19(25)24-21-23-16(13-29-21)11-20(26)27/h1-10,13H,11-12H2,(H,26,27)(H,23,24,25)/b10-7+. The third-order valence-electron chi connectivity index (χ3n) is 3.77. The van der Waals surface area contributed by atoms with E-state index in [1.807, 2.05) is 48.5 Å². The summed E-state index contributed by atoms with van der Waals surface area (Å²) in [7, 11) is 0. The molecule has 0 saturated carbocycles. The first-order chi connectivity index (χ1) is 14.0. The number of carbonyl (C=O) groups excluding carboxylic acids is 1. The number of thiazole rings is 1. The summed E-state index contributed by atoms with van der Waals surface area (Å²) in [6.07, 6.45) is 2.88. The summed E-state index contributed by atoms with van der Waals surface area (Å²) >= 11 is 7.29.